The number of aliphatic imine (C=N–C) groups is 1. The predicted molar refractivity (Wildman–Crippen MR) is 121 cm³/mol. The molecular weight excluding hydrogens is 371 g/mol. The van der Waals surface area contributed by atoms with E-state index in [2.05, 4.69) is 16.9 Å². The first kappa shape index (κ1) is 23.5. The summed E-state index contributed by atoms with van der Waals surface area (Å²) in [4.78, 5) is 4.41. The summed E-state index contributed by atoms with van der Waals surface area (Å²) in [6.45, 7) is 13.0. The van der Waals surface area contributed by atoms with Crippen LogP contribution >= 0.6 is 11.8 Å². The highest BCUT2D eigenvalue weighted by Crippen LogP contribution is 2.17. The van der Waals surface area contributed by atoms with Gasteiger partial charge in [0.25, 0.3) is 0 Å². The summed E-state index contributed by atoms with van der Waals surface area (Å²) >= 11 is 1.46. The molecule has 5 heteroatoms. The first-order chi connectivity index (χ1) is 13.5. The van der Waals surface area contributed by atoms with E-state index in [0.29, 0.717) is 13.2 Å². The summed E-state index contributed by atoms with van der Waals surface area (Å²) in [6, 6.07) is 16.2. The number of halogens is 1. The molecule has 28 heavy (non-hydrogen) atoms. The Morgan fingerprint density at radius 1 is 1.14 bits per heavy atom. The first-order valence-electron chi connectivity index (χ1n) is 9.30. The van der Waals surface area contributed by atoms with Crippen molar-refractivity contribution in [3.05, 3.63) is 83.8 Å². The molecule has 0 saturated carbocycles. The minimum atomic E-state index is -0.249. The van der Waals surface area contributed by atoms with Crippen molar-refractivity contribution in [2.45, 2.75) is 27.7 Å². The van der Waals surface area contributed by atoms with E-state index in [0.717, 1.165) is 27.0 Å². The number of ether oxygens (including phenoxy) is 1. The Labute approximate surface area is 172 Å². The molecule has 0 saturated heterocycles. The Morgan fingerprint density at radius 2 is 1.86 bits per heavy atom. The van der Waals surface area contributed by atoms with Crippen molar-refractivity contribution in [3.63, 3.8) is 0 Å². The molecule has 0 aliphatic heterocycles. The molecule has 0 unspecified atom stereocenters. The number of nitrogens with zero attached hydrogens (tertiary/aromatic N) is 1. The SMILES string of the molecule is C=C(NCCOc1ccccc1)SC(C)=N/C=C(\C)c1cccc(F)c1.CC. The molecule has 0 bridgehead atoms. The third kappa shape index (κ3) is 9.42. The Balaban J connectivity index is 0.00000190. The minimum Gasteiger partial charge on any atom is -0.492 e. The highest BCUT2D eigenvalue weighted by atomic mass is 32.2. The van der Waals surface area contributed by atoms with Crippen LogP contribution in [0.4, 0.5) is 4.39 Å². The third-order valence-corrected chi connectivity index (χ3v) is 4.22. The van der Waals surface area contributed by atoms with Crippen LogP contribution in [0.5, 0.6) is 5.75 Å². The van der Waals surface area contributed by atoms with E-state index >= 15 is 0 Å². The molecule has 0 aliphatic carbocycles. The highest BCUT2D eigenvalue weighted by molar-refractivity contribution is 8.17. The van der Waals surface area contributed by atoms with Crippen LogP contribution < -0.4 is 10.1 Å². The fraction of sp³-hybridized carbons (Fsp3) is 0.261. The summed E-state index contributed by atoms with van der Waals surface area (Å²) in [5.41, 5.74) is 1.72. The van der Waals surface area contributed by atoms with Gasteiger partial charge >= 0.3 is 0 Å². The number of hydrogen-bond donors (Lipinski definition) is 1. The lowest BCUT2D eigenvalue weighted by Gasteiger charge is -2.10. The zero-order valence-corrected chi connectivity index (χ0v) is 17.9. The van der Waals surface area contributed by atoms with E-state index < -0.39 is 0 Å². The van der Waals surface area contributed by atoms with Gasteiger partial charge in [0.05, 0.1) is 10.1 Å². The van der Waals surface area contributed by atoms with Crippen LogP contribution in [0.2, 0.25) is 0 Å². The predicted octanol–water partition coefficient (Wildman–Crippen LogP) is 6.50. The molecule has 0 aliphatic rings. The Morgan fingerprint density at radius 3 is 2.54 bits per heavy atom. The number of para-hydroxylation sites is 1. The van der Waals surface area contributed by atoms with Crippen LogP contribution in [0.3, 0.4) is 0 Å². The van der Waals surface area contributed by atoms with Crippen molar-refractivity contribution in [1.82, 2.24) is 5.32 Å². The van der Waals surface area contributed by atoms with Gasteiger partial charge in [-0.2, -0.15) is 0 Å². The van der Waals surface area contributed by atoms with Crippen molar-refractivity contribution in [3.8, 4) is 5.75 Å². The van der Waals surface area contributed by atoms with Crippen molar-refractivity contribution in [1.29, 1.82) is 0 Å². The lowest BCUT2D eigenvalue weighted by molar-refractivity contribution is 0.320. The fourth-order valence-electron chi connectivity index (χ4n) is 2.11. The summed E-state index contributed by atoms with van der Waals surface area (Å²) in [5, 5.41) is 4.86. The second-order valence-corrected chi connectivity index (χ2v) is 6.87. The Hall–Kier alpha value is -2.53. The van der Waals surface area contributed by atoms with Crippen LogP contribution in [0.15, 0.2) is 77.4 Å². The van der Waals surface area contributed by atoms with Crippen LogP contribution in [0.1, 0.15) is 33.3 Å². The highest BCUT2D eigenvalue weighted by Gasteiger charge is 2.00. The van der Waals surface area contributed by atoms with E-state index in [4.69, 9.17) is 4.74 Å². The van der Waals surface area contributed by atoms with Gasteiger partial charge in [-0.1, -0.05) is 62.5 Å². The van der Waals surface area contributed by atoms with Gasteiger partial charge in [-0.05, 0) is 49.2 Å². The maximum atomic E-state index is 13.3. The molecule has 0 aromatic heterocycles. The van der Waals surface area contributed by atoms with Crippen LogP contribution in [-0.2, 0) is 0 Å². The minimum absolute atomic E-state index is 0.249. The number of hydrogen-bond acceptors (Lipinski definition) is 4. The van der Waals surface area contributed by atoms with E-state index in [1.54, 1.807) is 12.3 Å². The zero-order valence-electron chi connectivity index (χ0n) is 17.0. The summed E-state index contributed by atoms with van der Waals surface area (Å²) in [7, 11) is 0. The zero-order chi connectivity index (χ0) is 20.8. The molecule has 2 aromatic carbocycles. The monoisotopic (exact) mass is 400 g/mol. The molecule has 0 heterocycles. The van der Waals surface area contributed by atoms with Crippen LogP contribution in [0.25, 0.3) is 5.57 Å². The maximum Gasteiger partial charge on any atom is 0.123 e. The summed E-state index contributed by atoms with van der Waals surface area (Å²) in [6.07, 6.45) is 1.74. The maximum absolute atomic E-state index is 13.3. The largest absolute Gasteiger partial charge is 0.492 e. The van der Waals surface area contributed by atoms with Crippen molar-refractivity contribution >= 4 is 22.4 Å². The van der Waals surface area contributed by atoms with Crippen LogP contribution in [-0.4, -0.2) is 18.2 Å². The van der Waals surface area contributed by atoms with Crippen LogP contribution in [0, 0.1) is 5.82 Å². The van der Waals surface area contributed by atoms with Gasteiger partial charge in [-0.25, -0.2) is 4.39 Å². The standard InChI is InChI=1S/C21H23FN2OS.C2H6/c1-16(19-8-7-9-20(22)14-19)15-24-18(3)26-17(2)23-12-13-25-21-10-5-4-6-11-21;1-2/h4-11,14-15,23H,2,12-13H2,1,3H3;1-2H3/b16-15+,24-18?;. The Kier molecular flexibility index (Phi) is 11.4. The van der Waals surface area contributed by atoms with E-state index in [-0.39, 0.29) is 5.82 Å². The number of benzene rings is 2. The molecule has 1 N–H and O–H groups in total. The van der Waals surface area contributed by atoms with E-state index in [1.165, 1.54) is 23.9 Å². The fourth-order valence-corrected chi connectivity index (χ4v) is 2.75. The number of rotatable bonds is 8. The topological polar surface area (TPSA) is 33.6 Å². The molecule has 3 nitrogen and oxygen atoms in total. The van der Waals surface area contributed by atoms with Crippen molar-refractivity contribution in [2.75, 3.05) is 13.2 Å². The van der Waals surface area contributed by atoms with Gasteiger partial charge < -0.3 is 10.1 Å². The molecule has 2 aromatic rings. The van der Waals surface area contributed by atoms with Gasteiger partial charge in [0.1, 0.15) is 18.2 Å². The molecule has 150 valence electrons. The average molecular weight is 401 g/mol. The summed E-state index contributed by atoms with van der Waals surface area (Å²) in [5.74, 6) is 0.601. The second kappa shape index (κ2) is 13.6. The lowest BCUT2D eigenvalue weighted by Crippen LogP contribution is -2.19. The number of nitrogens with one attached hydrogen (secondary N) is 1. The van der Waals surface area contributed by atoms with Gasteiger partial charge in [-0.15, -0.1) is 0 Å². The number of allylic oxidation sites excluding steroid dienone is 1. The quantitative estimate of drug-likeness (QED) is 0.312. The third-order valence-electron chi connectivity index (χ3n) is 3.43. The average Bonchev–Trinajstić information content (AvgIpc) is 2.71. The van der Waals surface area contributed by atoms with Crippen molar-refractivity contribution < 1.29 is 9.13 Å². The molecule has 0 amide bonds. The molecule has 0 radical (unpaired) electrons. The van der Waals surface area contributed by atoms with Gasteiger partial charge in [0, 0.05) is 12.7 Å². The van der Waals surface area contributed by atoms with Gasteiger partial charge in [0.15, 0.2) is 0 Å². The smallest absolute Gasteiger partial charge is 0.123 e. The first-order valence-corrected chi connectivity index (χ1v) is 10.1. The van der Waals surface area contributed by atoms with Gasteiger partial charge in [0.2, 0.25) is 0 Å². The molecule has 0 fully saturated rings. The lowest BCUT2D eigenvalue weighted by atomic mass is 10.1. The second-order valence-electron chi connectivity index (χ2n) is 5.58. The Bertz CT molecular complexity index is 788. The van der Waals surface area contributed by atoms with E-state index in [9.17, 15) is 4.39 Å². The van der Waals surface area contributed by atoms with Crippen molar-refractivity contribution in [2.24, 2.45) is 4.99 Å². The van der Waals surface area contributed by atoms with Gasteiger partial charge in [-0.3, -0.25) is 4.99 Å². The number of thioether (sulfide) groups is 1. The molecule has 0 atom stereocenters. The molecule has 0 spiro atoms. The molecular formula is C23H29FN2OS. The summed E-state index contributed by atoms with van der Waals surface area (Å²) < 4.78 is 18.9. The van der Waals surface area contributed by atoms with E-state index in [1.807, 2.05) is 64.1 Å². The normalized spacial score (nSPS) is 11.3. The molecule has 2 rings (SSSR count).